The molecule has 0 atom stereocenters. The number of hydrogen-bond acceptors (Lipinski definition) is 4. The first-order valence-electron chi connectivity index (χ1n) is 5.30. The maximum absolute atomic E-state index is 10.7. The van der Waals surface area contributed by atoms with Crippen LogP contribution in [0, 0.1) is 0 Å². The van der Waals surface area contributed by atoms with Crippen LogP contribution in [0.25, 0.3) is 0 Å². The van der Waals surface area contributed by atoms with E-state index in [1.54, 1.807) is 6.08 Å². The quantitative estimate of drug-likeness (QED) is 0.808. The van der Waals surface area contributed by atoms with Crippen LogP contribution in [0.3, 0.4) is 0 Å². The predicted molar refractivity (Wildman–Crippen MR) is 66.3 cm³/mol. The van der Waals surface area contributed by atoms with E-state index < -0.39 is 5.97 Å². The first-order chi connectivity index (χ1) is 7.86. The average molecular weight is 235 g/mol. The molecule has 1 N–H and O–H groups in total. The van der Waals surface area contributed by atoms with Gasteiger partial charge in [0.2, 0.25) is 0 Å². The Balaban J connectivity index is 3.03. The third kappa shape index (κ3) is 3.27. The minimum atomic E-state index is -1.07. The highest BCUT2D eigenvalue weighted by molar-refractivity contribution is 5.84. The van der Waals surface area contributed by atoms with Crippen LogP contribution in [0.1, 0.15) is 31.3 Å². The molecule has 0 fully saturated rings. The van der Waals surface area contributed by atoms with E-state index in [1.807, 2.05) is 25.7 Å². The van der Waals surface area contributed by atoms with Crippen LogP contribution >= 0.6 is 0 Å². The Hall–Kier alpha value is -1.91. The minimum absolute atomic E-state index is 0.0544. The largest absolute Gasteiger partial charge is 0.476 e. The normalized spacial score (nSPS) is 11.0. The molecule has 92 valence electrons. The van der Waals surface area contributed by atoms with Crippen molar-refractivity contribution in [1.29, 1.82) is 0 Å². The SMILES string of the molecule is C=CCN(c1cnc(C(=O)O)cn1)C(C)(C)C. The van der Waals surface area contributed by atoms with E-state index in [0.29, 0.717) is 12.4 Å². The molecule has 0 amide bonds. The smallest absolute Gasteiger partial charge is 0.356 e. The van der Waals surface area contributed by atoms with E-state index in [4.69, 9.17) is 5.11 Å². The van der Waals surface area contributed by atoms with E-state index >= 15 is 0 Å². The molecule has 5 nitrogen and oxygen atoms in total. The van der Waals surface area contributed by atoms with Crippen LogP contribution in [0.5, 0.6) is 0 Å². The molecule has 1 aromatic heterocycles. The monoisotopic (exact) mass is 235 g/mol. The summed E-state index contributed by atoms with van der Waals surface area (Å²) in [6.45, 7) is 10.5. The summed E-state index contributed by atoms with van der Waals surface area (Å²) in [7, 11) is 0. The third-order valence-electron chi connectivity index (χ3n) is 2.26. The van der Waals surface area contributed by atoms with Gasteiger partial charge in [0.15, 0.2) is 5.69 Å². The Morgan fingerprint density at radius 3 is 2.47 bits per heavy atom. The molecule has 0 aromatic carbocycles. The number of aromatic nitrogens is 2. The maximum atomic E-state index is 10.7. The predicted octanol–water partition coefficient (Wildman–Crippen LogP) is 1.97. The van der Waals surface area contributed by atoms with Gasteiger partial charge in [-0.05, 0) is 20.8 Å². The van der Waals surface area contributed by atoms with Gasteiger partial charge in [0.1, 0.15) is 5.82 Å². The first-order valence-corrected chi connectivity index (χ1v) is 5.30. The lowest BCUT2D eigenvalue weighted by Crippen LogP contribution is -2.42. The molecule has 0 unspecified atom stereocenters. The molecule has 0 saturated carbocycles. The summed E-state index contributed by atoms with van der Waals surface area (Å²) in [4.78, 5) is 20.6. The molecule has 17 heavy (non-hydrogen) atoms. The number of rotatable bonds is 4. The molecule has 0 aliphatic carbocycles. The van der Waals surface area contributed by atoms with Gasteiger partial charge < -0.3 is 10.0 Å². The second-order valence-corrected chi connectivity index (χ2v) is 4.64. The number of carboxylic acid groups (broad SMARTS) is 1. The summed E-state index contributed by atoms with van der Waals surface area (Å²) in [5.41, 5.74) is -0.186. The molecule has 0 spiro atoms. The highest BCUT2D eigenvalue weighted by atomic mass is 16.4. The van der Waals surface area contributed by atoms with Crippen molar-refractivity contribution in [3.8, 4) is 0 Å². The first kappa shape index (κ1) is 13.2. The number of carboxylic acids is 1. The fourth-order valence-corrected chi connectivity index (χ4v) is 1.41. The van der Waals surface area contributed by atoms with E-state index in [9.17, 15) is 4.79 Å². The van der Waals surface area contributed by atoms with Gasteiger partial charge in [-0.25, -0.2) is 14.8 Å². The topological polar surface area (TPSA) is 66.3 Å². The summed E-state index contributed by atoms with van der Waals surface area (Å²) in [5, 5.41) is 8.75. The lowest BCUT2D eigenvalue weighted by atomic mass is 10.1. The van der Waals surface area contributed by atoms with Crippen molar-refractivity contribution in [1.82, 2.24) is 9.97 Å². The zero-order valence-corrected chi connectivity index (χ0v) is 10.3. The van der Waals surface area contributed by atoms with Gasteiger partial charge >= 0.3 is 5.97 Å². The van der Waals surface area contributed by atoms with Crippen LogP contribution in [-0.4, -0.2) is 33.1 Å². The van der Waals surface area contributed by atoms with Gasteiger partial charge in [0, 0.05) is 12.1 Å². The Morgan fingerprint density at radius 2 is 2.12 bits per heavy atom. The van der Waals surface area contributed by atoms with E-state index in [0.717, 1.165) is 0 Å². The van der Waals surface area contributed by atoms with Crippen LogP contribution < -0.4 is 4.90 Å². The number of aromatic carboxylic acids is 1. The second-order valence-electron chi connectivity index (χ2n) is 4.64. The molecule has 0 saturated heterocycles. The minimum Gasteiger partial charge on any atom is -0.476 e. The highest BCUT2D eigenvalue weighted by Gasteiger charge is 2.22. The standard InChI is InChI=1S/C12H17N3O2/c1-5-6-15(12(2,3)4)10-8-13-9(7-14-10)11(16)17/h5,7-8H,1,6H2,2-4H3,(H,16,17). The molecule has 0 aliphatic rings. The summed E-state index contributed by atoms with van der Waals surface area (Å²) in [6, 6.07) is 0. The number of anilines is 1. The second kappa shape index (κ2) is 4.95. The van der Waals surface area contributed by atoms with Gasteiger partial charge in [0.05, 0.1) is 12.4 Å². The fourth-order valence-electron chi connectivity index (χ4n) is 1.41. The van der Waals surface area contributed by atoms with Gasteiger partial charge in [-0.3, -0.25) is 0 Å². The Bertz CT molecular complexity index is 407. The molecule has 1 aromatic rings. The van der Waals surface area contributed by atoms with Crippen LogP contribution in [0.4, 0.5) is 5.82 Å². The van der Waals surface area contributed by atoms with Crippen molar-refractivity contribution in [2.45, 2.75) is 26.3 Å². The third-order valence-corrected chi connectivity index (χ3v) is 2.26. The van der Waals surface area contributed by atoms with E-state index in [1.165, 1.54) is 12.4 Å². The molecule has 0 radical (unpaired) electrons. The zero-order chi connectivity index (χ0) is 13.1. The van der Waals surface area contributed by atoms with Crippen molar-refractivity contribution < 1.29 is 9.90 Å². The van der Waals surface area contributed by atoms with Crippen LogP contribution in [0.15, 0.2) is 25.0 Å². The van der Waals surface area contributed by atoms with Crippen molar-refractivity contribution in [3.05, 3.63) is 30.7 Å². The Labute approximate surface area is 101 Å². The van der Waals surface area contributed by atoms with E-state index in [-0.39, 0.29) is 11.2 Å². The zero-order valence-electron chi connectivity index (χ0n) is 10.3. The molecular weight excluding hydrogens is 218 g/mol. The van der Waals surface area contributed by atoms with Crippen molar-refractivity contribution in [2.75, 3.05) is 11.4 Å². The summed E-state index contributed by atoms with van der Waals surface area (Å²) in [5.74, 6) is -0.433. The van der Waals surface area contributed by atoms with Crippen molar-refractivity contribution >= 4 is 11.8 Å². The van der Waals surface area contributed by atoms with Crippen LogP contribution in [0.2, 0.25) is 0 Å². The van der Waals surface area contributed by atoms with Gasteiger partial charge in [-0.15, -0.1) is 6.58 Å². The average Bonchev–Trinajstić information content (AvgIpc) is 2.24. The number of hydrogen-bond donors (Lipinski definition) is 1. The molecule has 0 aliphatic heterocycles. The van der Waals surface area contributed by atoms with Crippen molar-refractivity contribution in [3.63, 3.8) is 0 Å². The summed E-state index contributed by atoms with van der Waals surface area (Å²) >= 11 is 0. The van der Waals surface area contributed by atoms with Gasteiger partial charge in [0.25, 0.3) is 0 Å². The lowest BCUT2D eigenvalue weighted by molar-refractivity contribution is 0.0690. The summed E-state index contributed by atoms with van der Waals surface area (Å²) < 4.78 is 0. The molecule has 1 rings (SSSR count). The Kier molecular flexibility index (Phi) is 3.83. The van der Waals surface area contributed by atoms with Gasteiger partial charge in [-0.2, -0.15) is 0 Å². The lowest BCUT2D eigenvalue weighted by Gasteiger charge is -2.35. The Morgan fingerprint density at radius 1 is 1.47 bits per heavy atom. The molecule has 5 heteroatoms. The number of carbonyl (C=O) groups is 1. The fraction of sp³-hybridized carbons (Fsp3) is 0.417. The summed E-state index contributed by atoms with van der Waals surface area (Å²) in [6.07, 6.45) is 4.51. The van der Waals surface area contributed by atoms with E-state index in [2.05, 4.69) is 16.5 Å². The highest BCUT2D eigenvalue weighted by Crippen LogP contribution is 2.20. The van der Waals surface area contributed by atoms with Crippen molar-refractivity contribution in [2.24, 2.45) is 0 Å². The molecular formula is C12H17N3O2. The molecule has 1 heterocycles. The van der Waals surface area contributed by atoms with Crippen LogP contribution in [-0.2, 0) is 0 Å². The number of nitrogens with zero attached hydrogens (tertiary/aromatic N) is 3. The molecule has 0 bridgehead atoms. The maximum Gasteiger partial charge on any atom is 0.356 e. The van der Waals surface area contributed by atoms with Gasteiger partial charge in [-0.1, -0.05) is 6.08 Å².